The molecule has 0 bridgehead atoms. The summed E-state index contributed by atoms with van der Waals surface area (Å²) in [5.74, 6) is 0. The zero-order valence-electron chi connectivity index (χ0n) is 19.2. The minimum absolute atomic E-state index is 0.429. The van der Waals surface area contributed by atoms with Crippen molar-refractivity contribution in [3.8, 4) is 0 Å². The van der Waals surface area contributed by atoms with Crippen LogP contribution in [-0.4, -0.2) is 36.5 Å². The van der Waals surface area contributed by atoms with Crippen molar-refractivity contribution in [2.45, 2.75) is 78.4 Å². The average molecular weight is 423 g/mol. The molecule has 0 aliphatic heterocycles. The van der Waals surface area contributed by atoms with E-state index in [9.17, 15) is 9.59 Å². The van der Waals surface area contributed by atoms with E-state index in [0.29, 0.717) is 50.1 Å². The molecular weight excluding hydrogens is 384 g/mol. The van der Waals surface area contributed by atoms with Gasteiger partial charge >= 0.3 is 12.2 Å². The Morgan fingerprint density at radius 2 is 1.17 bits per heavy atom. The van der Waals surface area contributed by atoms with E-state index < -0.39 is 23.4 Å². The van der Waals surface area contributed by atoms with Gasteiger partial charge in [-0.05, 0) is 90.5 Å². The van der Waals surface area contributed by atoms with Crippen LogP contribution in [0.15, 0.2) is 12.1 Å². The van der Waals surface area contributed by atoms with Crippen LogP contribution in [0.4, 0.5) is 21.0 Å². The maximum absolute atomic E-state index is 11.7. The summed E-state index contributed by atoms with van der Waals surface area (Å²) in [6.07, 6.45) is 1.95. The summed E-state index contributed by atoms with van der Waals surface area (Å²) < 4.78 is 10.4. The van der Waals surface area contributed by atoms with Gasteiger partial charge < -0.3 is 31.6 Å². The quantitative estimate of drug-likeness (QED) is 0.373. The number of anilines is 2. The molecule has 0 aliphatic carbocycles. The number of nitrogen functional groups attached to an aromatic ring is 2. The van der Waals surface area contributed by atoms with Crippen LogP contribution in [0.25, 0.3) is 0 Å². The van der Waals surface area contributed by atoms with Gasteiger partial charge in [0.1, 0.15) is 11.2 Å². The summed E-state index contributed by atoms with van der Waals surface area (Å²) >= 11 is 0. The molecule has 1 aromatic rings. The molecule has 0 aliphatic rings. The lowest BCUT2D eigenvalue weighted by atomic mass is 9.99. The number of amides is 2. The number of rotatable bonds is 8. The number of carbonyl (C=O) groups excluding carboxylic acids is 2. The predicted molar refractivity (Wildman–Crippen MR) is 120 cm³/mol. The van der Waals surface area contributed by atoms with E-state index in [1.165, 1.54) is 0 Å². The molecule has 0 radical (unpaired) electrons. The van der Waals surface area contributed by atoms with Gasteiger partial charge in [0.25, 0.3) is 0 Å². The molecule has 1 rings (SSSR count). The van der Waals surface area contributed by atoms with Crippen LogP contribution in [-0.2, 0) is 22.3 Å². The summed E-state index contributed by atoms with van der Waals surface area (Å²) in [4.78, 5) is 23.4. The molecule has 0 aromatic heterocycles. The van der Waals surface area contributed by atoms with Gasteiger partial charge in [-0.3, -0.25) is 0 Å². The average Bonchev–Trinajstić information content (AvgIpc) is 2.55. The molecular formula is C22H38N4O4. The van der Waals surface area contributed by atoms with Crippen LogP contribution in [0.5, 0.6) is 0 Å². The van der Waals surface area contributed by atoms with Crippen molar-refractivity contribution in [1.29, 1.82) is 0 Å². The molecule has 0 saturated carbocycles. The molecule has 30 heavy (non-hydrogen) atoms. The Labute approximate surface area is 180 Å². The second-order valence-corrected chi connectivity index (χ2v) is 9.32. The lowest BCUT2D eigenvalue weighted by Crippen LogP contribution is -2.33. The highest BCUT2D eigenvalue weighted by molar-refractivity contribution is 5.68. The summed E-state index contributed by atoms with van der Waals surface area (Å²) in [6.45, 7) is 11.9. The standard InChI is InChI=1S/C22H38N4O4/c1-21(2,3)29-19(27)25-11-7-9-15-13-17(23)14-16(18(15)24)10-8-12-26-20(28)30-22(4,5)6/h13-14H,7-12,23-24H2,1-6H3,(H,25,27)(H,26,28). The molecule has 8 heteroatoms. The number of ether oxygens (including phenoxy) is 2. The molecule has 0 atom stereocenters. The van der Waals surface area contributed by atoms with Gasteiger partial charge in [0.2, 0.25) is 0 Å². The molecule has 1 aromatic carbocycles. The number of carbonyl (C=O) groups is 2. The Bertz CT molecular complexity index is 664. The zero-order chi connectivity index (χ0) is 22.9. The first kappa shape index (κ1) is 25.4. The lowest BCUT2D eigenvalue weighted by Gasteiger charge is -2.20. The van der Waals surface area contributed by atoms with Crippen LogP contribution in [0.1, 0.15) is 65.5 Å². The van der Waals surface area contributed by atoms with Gasteiger partial charge in [-0.2, -0.15) is 0 Å². The van der Waals surface area contributed by atoms with E-state index in [2.05, 4.69) is 10.6 Å². The zero-order valence-corrected chi connectivity index (χ0v) is 19.2. The van der Waals surface area contributed by atoms with Gasteiger partial charge in [-0.1, -0.05) is 0 Å². The summed E-state index contributed by atoms with van der Waals surface area (Å²) in [6, 6.07) is 3.73. The number of hydrogen-bond donors (Lipinski definition) is 4. The molecule has 0 unspecified atom stereocenters. The number of benzene rings is 1. The van der Waals surface area contributed by atoms with Crippen LogP contribution >= 0.6 is 0 Å². The molecule has 170 valence electrons. The minimum Gasteiger partial charge on any atom is -0.444 e. The summed E-state index contributed by atoms with van der Waals surface area (Å²) in [5.41, 5.74) is 14.6. The first-order valence-corrected chi connectivity index (χ1v) is 10.4. The Morgan fingerprint density at radius 3 is 1.50 bits per heavy atom. The third kappa shape index (κ3) is 10.8. The van der Waals surface area contributed by atoms with Gasteiger partial charge in [0.15, 0.2) is 0 Å². The van der Waals surface area contributed by atoms with Gasteiger partial charge in [-0.25, -0.2) is 9.59 Å². The van der Waals surface area contributed by atoms with Crippen molar-refractivity contribution in [1.82, 2.24) is 10.6 Å². The van der Waals surface area contributed by atoms with Crippen molar-refractivity contribution in [3.05, 3.63) is 23.3 Å². The number of hydrogen-bond acceptors (Lipinski definition) is 6. The normalized spacial score (nSPS) is 11.7. The highest BCUT2D eigenvalue weighted by Gasteiger charge is 2.16. The topological polar surface area (TPSA) is 129 Å². The van der Waals surface area contributed by atoms with Crippen molar-refractivity contribution >= 4 is 23.6 Å². The smallest absolute Gasteiger partial charge is 0.407 e. The van der Waals surface area contributed by atoms with Crippen molar-refractivity contribution in [2.75, 3.05) is 24.6 Å². The fraction of sp³-hybridized carbons (Fsp3) is 0.636. The Kier molecular flexibility index (Phi) is 9.26. The Hall–Kier alpha value is -2.64. The second-order valence-electron chi connectivity index (χ2n) is 9.32. The second kappa shape index (κ2) is 10.9. The monoisotopic (exact) mass is 422 g/mol. The van der Waals surface area contributed by atoms with E-state index in [-0.39, 0.29) is 0 Å². The first-order valence-electron chi connectivity index (χ1n) is 10.4. The number of aryl methyl sites for hydroxylation is 2. The first-order chi connectivity index (χ1) is 13.8. The fourth-order valence-electron chi connectivity index (χ4n) is 2.79. The number of nitrogens with one attached hydrogen (secondary N) is 2. The molecule has 0 fully saturated rings. The van der Waals surface area contributed by atoms with Crippen molar-refractivity contribution in [3.63, 3.8) is 0 Å². The van der Waals surface area contributed by atoms with Gasteiger partial charge in [0.05, 0.1) is 0 Å². The van der Waals surface area contributed by atoms with Crippen LogP contribution < -0.4 is 22.1 Å². The predicted octanol–water partition coefficient (Wildman–Crippen LogP) is 3.77. The highest BCUT2D eigenvalue weighted by atomic mass is 16.6. The fourth-order valence-corrected chi connectivity index (χ4v) is 2.79. The van der Waals surface area contributed by atoms with E-state index in [1.807, 2.05) is 53.7 Å². The molecule has 6 N–H and O–H groups in total. The maximum Gasteiger partial charge on any atom is 0.407 e. The number of alkyl carbamates (subject to hydrolysis) is 2. The van der Waals surface area contributed by atoms with Gasteiger partial charge in [0, 0.05) is 24.5 Å². The Morgan fingerprint density at radius 1 is 0.800 bits per heavy atom. The van der Waals surface area contributed by atoms with Crippen molar-refractivity contribution in [2.24, 2.45) is 0 Å². The molecule has 8 nitrogen and oxygen atoms in total. The van der Waals surface area contributed by atoms with Gasteiger partial charge in [-0.15, -0.1) is 0 Å². The number of nitrogens with two attached hydrogens (primary N) is 2. The van der Waals surface area contributed by atoms with Crippen LogP contribution in [0.2, 0.25) is 0 Å². The molecule has 0 spiro atoms. The summed E-state index contributed by atoms with van der Waals surface area (Å²) in [5, 5.41) is 5.48. The molecule has 2 amide bonds. The molecule has 0 saturated heterocycles. The van der Waals surface area contributed by atoms with Crippen LogP contribution in [0.3, 0.4) is 0 Å². The van der Waals surface area contributed by atoms with Crippen LogP contribution in [0, 0.1) is 0 Å². The third-order valence-electron chi connectivity index (χ3n) is 3.96. The SMILES string of the molecule is CC(C)(C)OC(=O)NCCCc1cc(N)cc(CCCNC(=O)OC(C)(C)C)c1N. The van der Waals surface area contributed by atoms with E-state index in [4.69, 9.17) is 20.9 Å². The van der Waals surface area contributed by atoms with Crippen molar-refractivity contribution < 1.29 is 19.1 Å². The van der Waals surface area contributed by atoms with E-state index >= 15 is 0 Å². The highest BCUT2D eigenvalue weighted by Crippen LogP contribution is 2.24. The molecule has 0 heterocycles. The van der Waals surface area contributed by atoms with E-state index in [1.54, 1.807) is 0 Å². The minimum atomic E-state index is -0.518. The lowest BCUT2D eigenvalue weighted by molar-refractivity contribution is 0.0516. The Balaban J connectivity index is 2.49. The maximum atomic E-state index is 11.7. The largest absolute Gasteiger partial charge is 0.444 e. The van der Waals surface area contributed by atoms with E-state index in [0.717, 1.165) is 11.1 Å². The third-order valence-corrected chi connectivity index (χ3v) is 3.96. The summed E-state index contributed by atoms with van der Waals surface area (Å²) in [7, 11) is 0.